The minimum absolute atomic E-state index is 0.129. The van der Waals surface area contributed by atoms with Gasteiger partial charge in [0, 0.05) is 5.69 Å². The van der Waals surface area contributed by atoms with Crippen molar-refractivity contribution >= 4 is 21.7 Å². The van der Waals surface area contributed by atoms with Crippen molar-refractivity contribution in [2.24, 2.45) is 0 Å². The Morgan fingerprint density at radius 2 is 2.09 bits per heavy atom. The third-order valence-electron chi connectivity index (χ3n) is 3.63. The number of fused-ring (bicyclic) bond motifs is 1. The normalized spacial score (nSPS) is 13.7. The Kier molecular flexibility index (Phi) is 3.61. The van der Waals surface area contributed by atoms with Gasteiger partial charge in [-0.3, -0.25) is 9.82 Å². The van der Waals surface area contributed by atoms with Crippen molar-refractivity contribution in [1.82, 2.24) is 10.2 Å². The van der Waals surface area contributed by atoms with Crippen LogP contribution in [0, 0.1) is 0 Å². The van der Waals surface area contributed by atoms with Gasteiger partial charge in [-0.2, -0.15) is 13.5 Å². The van der Waals surface area contributed by atoms with Gasteiger partial charge in [0.1, 0.15) is 5.56 Å². The lowest BCUT2D eigenvalue weighted by atomic mass is 10.1. The van der Waals surface area contributed by atoms with Crippen LogP contribution in [-0.2, 0) is 27.6 Å². The summed E-state index contributed by atoms with van der Waals surface area (Å²) in [6.07, 6.45) is 4.18. The minimum Gasteiger partial charge on any atom is -0.465 e. The Labute approximate surface area is 127 Å². The standard InChI is InChI=1S/C14H15N3O4S/c1-21-14(18)12-8-15-16-13(12)22(19,20)17-11-6-5-9-3-2-4-10(9)7-11/h5-8,17H,2-4H2,1H3,(H,15,16). The lowest BCUT2D eigenvalue weighted by molar-refractivity contribution is 0.0596. The largest absolute Gasteiger partial charge is 0.465 e. The van der Waals surface area contributed by atoms with Crippen LogP contribution in [0.3, 0.4) is 0 Å². The van der Waals surface area contributed by atoms with Crippen LogP contribution in [0.15, 0.2) is 29.4 Å². The topological polar surface area (TPSA) is 101 Å². The second kappa shape index (κ2) is 5.45. The van der Waals surface area contributed by atoms with Crippen molar-refractivity contribution in [3.05, 3.63) is 41.1 Å². The predicted molar refractivity (Wildman–Crippen MR) is 79.2 cm³/mol. The van der Waals surface area contributed by atoms with E-state index in [2.05, 4.69) is 19.7 Å². The number of nitrogens with one attached hydrogen (secondary N) is 2. The molecule has 1 aromatic heterocycles. The number of methoxy groups -OCH3 is 1. The molecular formula is C14H15N3O4S. The molecule has 0 fully saturated rings. The number of H-pyrrole nitrogens is 1. The van der Waals surface area contributed by atoms with Gasteiger partial charge in [-0.25, -0.2) is 4.79 Å². The van der Waals surface area contributed by atoms with Gasteiger partial charge in [-0.15, -0.1) is 0 Å². The van der Waals surface area contributed by atoms with E-state index in [0.717, 1.165) is 31.0 Å². The smallest absolute Gasteiger partial charge is 0.342 e. The van der Waals surface area contributed by atoms with Gasteiger partial charge >= 0.3 is 5.97 Å². The molecule has 22 heavy (non-hydrogen) atoms. The van der Waals surface area contributed by atoms with Gasteiger partial charge in [0.05, 0.1) is 13.3 Å². The van der Waals surface area contributed by atoms with Crippen LogP contribution in [0.25, 0.3) is 0 Å². The van der Waals surface area contributed by atoms with E-state index in [9.17, 15) is 13.2 Å². The molecule has 0 amide bonds. The quantitative estimate of drug-likeness (QED) is 0.831. The molecule has 116 valence electrons. The maximum absolute atomic E-state index is 12.4. The number of aromatic amines is 1. The fraction of sp³-hybridized carbons (Fsp3) is 0.286. The fourth-order valence-electron chi connectivity index (χ4n) is 2.58. The number of carbonyl (C=O) groups is 1. The lowest BCUT2D eigenvalue weighted by Crippen LogP contribution is -2.17. The summed E-state index contributed by atoms with van der Waals surface area (Å²) in [4.78, 5) is 11.6. The zero-order valence-corrected chi connectivity index (χ0v) is 12.7. The third-order valence-corrected chi connectivity index (χ3v) is 4.98. The molecule has 8 heteroatoms. The number of aromatic nitrogens is 2. The number of esters is 1. The van der Waals surface area contributed by atoms with Crippen molar-refractivity contribution in [3.8, 4) is 0 Å². The Balaban J connectivity index is 1.91. The molecule has 0 radical (unpaired) electrons. The number of carbonyl (C=O) groups excluding carboxylic acids is 1. The van der Waals surface area contributed by atoms with Gasteiger partial charge in [0.2, 0.25) is 0 Å². The first-order valence-corrected chi connectivity index (χ1v) is 8.26. The molecule has 1 aliphatic carbocycles. The second-order valence-electron chi connectivity index (χ2n) is 5.05. The first kappa shape index (κ1) is 14.6. The van der Waals surface area contributed by atoms with E-state index in [0.29, 0.717) is 5.69 Å². The molecule has 0 saturated heterocycles. The highest BCUT2D eigenvalue weighted by Crippen LogP contribution is 2.26. The van der Waals surface area contributed by atoms with Gasteiger partial charge in [-0.05, 0) is 42.5 Å². The summed E-state index contributed by atoms with van der Waals surface area (Å²) in [5.41, 5.74) is 2.74. The van der Waals surface area contributed by atoms with Crippen LogP contribution in [0.4, 0.5) is 5.69 Å². The van der Waals surface area contributed by atoms with Crippen LogP contribution in [0.5, 0.6) is 0 Å². The molecule has 7 nitrogen and oxygen atoms in total. The fourth-order valence-corrected chi connectivity index (χ4v) is 3.71. The maximum atomic E-state index is 12.4. The second-order valence-corrected chi connectivity index (χ2v) is 6.67. The van der Waals surface area contributed by atoms with Crippen LogP contribution < -0.4 is 4.72 Å². The number of nitrogens with zero attached hydrogens (tertiary/aromatic N) is 1. The molecule has 2 aromatic rings. The van der Waals surface area contributed by atoms with Crippen LogP contribution in [0.2, 0.25) is 0 Å². The third kappa shape index (κ3) is 2.57. The van der Waals surface area contributed by atoms with Crippen LogP contribution in [0.1, 0.15) is 27.9 Å². The first-order chi connectivity index (χ1) is 10.5. The zero-order chi connectivity index (χ0) is 15.7. The van der Waals surface area contributed by atoms with Gasteiger partial charge in [-0.1, -0.05) is 6.07 Å². The predicted octanol–water partition coefficient (Wildman–Crippen LogP) is 1.49. The average Bonchev–Trinajstić information content (AvgIpc) is 3.14. The molecule has 1 aliphatic rings. The highest BCUT2D eigenvalue weighted by molar-refractivity contribution is 7.92. The van der Waals surface area contributed by atoms with Gasteiger partial charge in [0.15, 0.2) is 5.03 Å². The summed E-state index contributed by atoms with van der Waals surface area (Å²) in [5.74, 6) is -0.761. The molecule has 1 heterocycles. The number of benzene rings is 1. The zero-order valence-electron chi connectivity index (χ0n) is 11.9. The number of sulfonamides is 1. The van der Waals surface area contributed by atoms with Crippen LogP contribution in [-0.4, -0.2) is 31.7 Å². The Hall–Kier alpha value is -2.35. The highest BCUT2D eigenvalue weighted by atomic mass is 32.2. The van der Waals surface area contributed by atoms with Crippen molar-refractivity contribution in [3.63, 3.8) is 0 Å². The number of hydrogen-bond donors (Lipinski definition) is 2. The summed E-state index contributed by atoms with van der Waals surface area (Å²) in [5, 5.41) is 5.64. The SMILES string of the molecule is COC(=O)c1cn[nH]c1S(=O)(=O)Nc1ccc2c(c1)CCC2. The van der Waals surface area contributed by atoms with Crippen molar-refractivity contribution in [1.29, 1.82) is 0 Å². The molecule has 0 aliphatic heterocycles. The van der Waals surface area contributed by atoms with Crippen molar-refractivity contribution in [2.45, 2.75) is 24.3 Å². The molecular weight excluding hydrogens is 306 g/mol. The Morgan fingerprint density at radius 1 is 1.32 bits per heavy atom. The van der Waals surface area contributed by atoms with E-state index in [1.54, 1.807) is 6.07 Å². The number of rotatable bonds is 4. The molecule has 2 N–H and O–H groups in total. The lowest BCUT2D eigenvalue weighted by Gasteiger charge is -2.09. The average molecular weight is 321 g/mol. The van der Waals surface area contributed by atoms with Gasteiger partial charge < -0.3 is 4.74 Å². The van der Waals surface area contributed by atoms with E-state index < -0.39 is 16.0 Å². The summed E-state index contributed by atoms with van der Waals surface area (Å²) < 4.78 is 31.8. The summed E-state index contributed by atoms with van der Waals surface area (Å²) in [6.45, 7) is 0. The van der Waals surface area contributed by atoms with Crippen molar-refractivity contribution in [2.75, 3.05) is 11.8 Å². The van der Waals surface area contributed by atoms with Crippen molar-refractivity contribution < 1.29 is 17.9 Å². The van der Waals surface area contributed by atoms with E-state index in [4.69, 9.17) is 0 Å². The molecule has 0 atom stereocenters. The first-order valence-electron chi connectivity index (χ1n) is 6.77. The maximum Gasteiger partial charge on any atom is 0.342 e. The number of aryl methyl sites for hydroxylation is 2. The number of anilines is 1. The molecule has 1 aromatic carbocycles. The molecule has 0 spiro atoms. The van der Waals surface area contributed by atoms with E-state index in [-0.39, 0.29) is 10.6 Å². The minimum atomic E-state index is -3.94. The highest BCUT2D eigenvalue weighted by Gasteiger charge is 2.26. The molecule has 0 unspecified atom stereocenters. The van der Waals surface area contributed by atoms with Gasteiger partial charge in [0.25, 0.3) is 10.0 Å². The summed E-state index contributed by atoms with van der Waals surface area (Å²) in [6, 6.07) is 5.47. The van der Waals surface area contributed by atoms with Crippen LogP contribution >= 0.6 is 0 Å². The number of hydrogen-bond acceptors (Lipinski definition) is 5. The Bertz CT molecular complexity index is 826. The molecule has 0 bridgehead atoms. The summed E-state index contributed by atoms with van der Waals surface area (Å²) in [7, 11) is -2.76. The summed E-state index contributed by atoms with van der Waals surface area (Å²) >= 11 is 0. The van der Waals surface area contributed by atoms with E-state index in [1.807, 2.05) is 12.1 Å². The van der Waals surface area contributed by atoms with E-state index >= 15 is 0 Å². The Morgan fingerprint density at radius 3 is 2.86 bits per heavy atom. The molecule has 3 rings (SSSR count). The molecule has 0 saturated carbocycles. The number of ether oxygens (including phenoxy) is 1. The monoisotopic (exact) mass is 321 g/mol. The van der Waals surface area contributed by atoms with E-state index in [1.165, 1.54) is 12.7 Å².